The lowest BCUT2D eigenvalue weighted by Crippen LogP contribution is -2.26. The van der Waals surface area contributed by atoms with Crippen molar-refractivity contribution in [1.29, 1.82) is 0 Å². The van der Waals surface area contributed by atoms with Gasteiger partial charge >= 0.3 is 0 Å². The molecular weight excluding hydrogens is 130 g/mol. The molecule has 1 aliphatic rings. The summed E-state index contributed by atoms with van der Waals surface area (Å²) >= 11 is 7.83. The highest BCUT2D eigenvalue weighted by atomic mass is 32.2. The van der Waals surface area contributed by atoms with Crippen LogP contribution in [0.2, 0.25) is 0 Å². The molecule has 2 nitrogen and oxygen atoms in total. The van der Waals surface area contributed by atoms with Gasteiger partial charge in [-0.25, -0.2) is 0 Å². The van der Waals surface area contributed by atoms with Gasteiger partial charge in [0.15, 0.2) is 0 Å². The second-order valence-corrected chi connectivity index (χ2v) is 2.79. The molecule has 0 saturated heterocycles. The Bertz CT molecular complexity index is 91.1. The van der Waals surface area contributed by atoms with Gasteiger partial charge in [-0.15, -0.1) is 0 Å². The van der Waals surface area contributed by atoms with Crippen molar-refractivity contribution >= 4 is 25.3 Å². The molecule has 4 heteroatoms. The molecule has 7 heavy (non-hydrogen) atoms. The van der Waals surface area contributed by atoms with Crippen molar-refractivity contribution in [3.63, 3.8) is 0 Å². The molecule has 0 bridgehead atoms. The summed E-state index contributed by atoms with van der Waals surface area (Å²) in [6, 6.07) is 0. The van der Waals surface area contributed by atoms with Crippen molar-refractivity contribution in [2.45, 2.75) is 4.39 Å². The van der Waals surface area contributed by atoms with E-state index in [0.29, 0.717) is 0 Å². The molecule has 0 atom stereocenters. The first-order chi connectivity index (χ1) is 3.21. The van der Waals surface area contributed by atoms with Crippen molar-refractivity contribution in [3.05, 3.63) is 12.5 Å². The third-order valence-corrected chi connectivity index (χ3v) is 1.04. The minimum Gasteiger partial charge on any atom is -0.456 e. The van der Waals surface area contributed by atoms with Gasteiger partial charge in [0.25, 0.3) is 4.39 Å². The maximum Gasteiger partial charge on any atom is 0.272 e. The number of rotatable bonds is 0. The van der Waals surface area contributed by atoms with E-state index in [2.05, 4.69) is 30.6 Å². The molecule has 1 N–H and O–H groups in total. The van der Waals surface area contributed by atoms with Crippen LogP contribution in [0.4, 0.5) is 0 Å². The normalized spacial score (nSPS) is 23.7. The fourth-order valence-corrected chi connectivity index (χ4v) is 0.576. The smallest absolute Gasteiger partial charge is 0.272 e. The van der Waals surface area contributed by atoms with E-state index < -0.39 is 4.39 Å². The van der Waals surface area contributed by atoms with Crippen LogP contribution in [-0.2, 0) is 4.74 Å². The first-order valence-electron chi connectivity index (χ1n) is 1.76. The lowest BCUT2D eigenvalue weighted by atomic mass is 11.0. The van der Waals surface area contributed by atoms with Crippen LogP contribution in [0.25, 0.3) is 0 Å². The highest BCUT2D eigenvalue weighted by molar-refractivity contribution is 8.00. The van der Waals surface area contributed by atoms with Crippen molar-refractivity contribution in [3.8, 4) is 0 Å². The zero-order valence-corrected chi connectivity index (χ0v) is 5.25. The largest absolute Gasteiger partial charge is 0.456 e. The Morgan fingerprint density at radius 1 is 1.57 bits per heavy atom. The van der Waals surface area contributed by atoms with Gasteiger partial charge in [-0.05, 0) is 0 Å². The van der Waals surface area contributed by atoms with Crippen molar-refractivity contribution in [1.82, 2.24) is 5.32 Å². The third-order valence-electron chi connectivity index (χ3n) is 0.572. The number of thiol groups is 2. The molecule has 0 aromatic carbocycles. The summed E-state index contributed by atoms with van der Waals surface area (Å²) in [6.45, 7) is 0. The Kier molecular flexibility index (Phi) is 1.13. The van der Waals surface area contributed by atoms with E-state index in [1.807, 2.05) is 0 Å². The standard InChI is InChI=1S/C3H5NOS2/c6-3(7)4-1-2-5-3/h1-2,4,6-7H. The van der Waals surface area contributed by atoms with Gasteiger partial charge in [0.2, 0.25) is 0 Å². The minimum atomic E-state index is -0.778. The minimum absolute atomic E-state index is 0.778. The number of nitrogens with one attached hydrogen (secondary N) is 1. The van der Waals surface area contributed by atoms with Gasteiger partial charge in [-0.1, -0.05) is 25.3 Å². The first kappa shape index (κ1) is 5.18. The molecule has 1 rings (SSSR count). The Morgan fingerprint density at radius 2 is 2.29 bits per heavy atom. The van der Waals surface area contributed by atoms with Crippen LogP contribution in [0, 0.1) is 0 Å². The first-order valence-corrected chi connectivity index (χ1v) is 2.65. The van der Waals surface area contributed by atoms with Gasteiger partial charge < -0.3 is 10.1 Å². The van der Waals surface area contributed by atoms with E-state index in [0.717, 1.165) is 0 Å². The molecule has 0 spiro atoms. The van der Waals surface area contributed by atoms with Gasteiger partial charge in [0.05, 0.1) is 0 Å². The predicted molar refractivity (Wildman–Crippen MR) is 34.1 cm³/mol. The monoisotopic (exact) mass is 135 g/mol. The summed E-state index contributed by atoms with van der Waals surface area (Å²) in [5.74, 6) is 0. The molecule has 0 unspecified atom stereocenters. The number of ether oxygens (including phenoxy) is 1. The van der Waals surface area contributed by atoms with E-state index in [1.165, 1.54) is 6.26 Å². The molecule has 0 fully saturated rings. The number of hydrogen-bond donors (Lipinski definition) is 3. The van der Waals surface area contributed by atoms with Crippen LogP contribution in [0.5, 0.6) is 0 Å². The van der Waals surface area contributed by atoms with Crippen molar-refractivity contribution < 1.29 is 4.74 Å². The van der Waals surface area contributed by atoms with Gasteiger partial charge in [0, 0.05) is 6.20 Å². The molecule has 1 aliphatic heterocycles. The lowest BCUT2D eigenvalue weighted by Gasteiger charge is -2.14. The fourth-order valence-electron chi connectivity index (χ4n) is 0.305. The van der Waals surface area contributed by atoms with Gasteiger partial charge in [-0.2, -0.15) is 0 Å². The SMILES string of the molecule is SC1(S)NC=CO1. The Hall–Kier alpha value is 0.0400. The third kappa shape index (κ3) is 1.21. The summed E-state index contributed by atoms with van der Waals surface area (Å²) in [4.78, 5) is 0. The second-order valence-electron chi connectivity index (χ2n) is 1.17. The van der Waals surface area contributed by atoms with Crippen LogP contribution in [0.15, 0.2) is 12.5 Å². The summed E-state index contributed by atoms with van der Waals surface area (Å²) in [6.07, 6.45) is 3.14. The van der Waals surface area contributed by atoms with Crippen molar-refractivity contribution in [2.75, 3.05) is 0 Å². The van der Waals surface area contributed by atoms with Crippen LogP contribution < -0.4 is 5.32 Å². The maximum atomic E-state index is 4.78. The Balaban J connectivity index is 2.49. The molecule has 0 aromatic heterocycles. The molecule has 0 saturated carbocycles. The lowest BCUT2D eigenvalue weighted by molar-refractivity contribution is 0.208. The zero-order chi connectivity index (χ0) is 5.33. The average Bonchev–Trinajstić information content (AvgIpc) is 1.84. The van der Waals surface area contributed by atoms with Crippen molar-refractivity contribution in [2.24, 2.45) is 0 Å². The summed E-state index contributed by atoms with van der Waals surface area (Å²) in [7, 11) is 0. The summed E-state index contributed by atoms with van der Waals surface area (Å²) in [5, 5.41) is 2.72. The Morgan fingerprint density at radius 3 is 2.43 bits per heavy atom. The average molecular weight is 135 g/mol. The second kappa shape index (κ2) is 1.52. The molecule has 40 valence electrons. The molecule has 0 aromatic rings. The topological polar surface area (TPSA) is 21.3 Å². The fraction of sp³-hybridized carbons (Fsp3) is 0.333. The van der Waals surface area contributed by atoms with Crippen LogP contribution in [-0.4, -0.2) is 4.39 Å². The van der Waals surface area contributed by atoms with Gasteiger partial charge in [0.1, 0.15) is 6.26 Å². The van der Waals surface area contributed by atoms with E-state index >= 15 is 0 Å². The quantitative estimate of drug-likeness (QED) is 0.333. The molecule has 0 aliphatic carbocycles. The molecular formula is C3H5NOS2. The van der Waals surface area contributed by atoms with Crippen LogP contribution in [0.1, 0.15) is 0 Å². The summed E-state index contributed by atoms with van der Waals surface area (Å²) < 4.78 is 4.00. The highest BCUT2D eigenvalue weighted by Gasteiger charge is 2.20. The predicted octanol–water partition coefficient (Wildman–Crippen LogP) is 0.548. The van der Waals surface area contributed by atoms with Crippen LogP contribution >= 0.6 is 25.3 Å². The molecule has 0 amide bonds. The maximum absolute atomic E-state index is 4.78. The molecule has 1 heterocycles. The van der Waals surface area contributed by atoms with Crippen LogP contribution in [0.3, 0.4) is 0 Å². The summed E-state index contributed by atoms with van der Waals surface area (Å²) in [5.41, 5.74) is 0. The van der Waals surface area contributed by atoms with Gasteiger partial charge in [-0.3, -0.25) is 0 Å². The zero-order valence-electron chi connectivity index (χ0n) is 3.46. The van der Waals surface area contributed by atoms with E-state index in [4.69, 9.17) is 4.74 Å². The molecule has 0 radical (unpaired) electrons. The van der Waals surface area contributed by atoms with E-state index in [1.54, 1.807) is 6.20 Å². The Labute approximate surface area is 52.7 Å². The number of hydrogen-bond acceptors (Lipinski definition) is 4. The van der Waals surface area contributed by atoms with E-state index in [9.17, 15) is 0 Å². The van der Waals surface area contributed by atoms with E-state index in [-0.39, 0.29) is 0 Å². The highest BCUT2D eigenvalue weighted by Crippen LogP contribution is 2.20.